The molecule has 0 saturated carbocycles. The first-order chi connectivity index (χ1) is 20.9. The Balaban J connectivity index is 1.33. The molecule has 0 aliphatic carbocycles. The first kappa shape index (κ1) is 29.6. The third kappa shape index (κ3) is 7.68. The van der Waals surface area contributed by atoms with E-state index in [1.165, 1.54) is 13.2 Å². The lowest BCUT2D eigenvalue weighted by molar-refractivity contribution is 0.0467. The molecule has 0 heterocycles. The molecule has 0 atom stereocenters. The maximum atomic E-state index is 13.3. The van der Waals surface area contributed by atoms with Crippen LogP contribution in [-0.2, 0) is 34.5 Å². The van der Waals surface area contributed by atoms with Crippen LogP contribution in [0.25, 0.3) is 11.1 Å². The number of hydrogen-bond acceptors (Lipinski definition) is 6. The Hall–Kier alpha value is -4.92. The average molecular weight is 594 g/mol. The van der Waals surface area contributed by atoms with Crippen LogP contribution in [0.15, 0.2) is 132 Å². The fourth-order valence-electron chi connectivity index (χ4n) is 4.44. The van der Waals surface area contributed by atoms with Crippen molar-refractivity contribution in [1.82, 2.24) is 4.72 Å². The molecule has 218 valence electrons. The van der Waals surface area contributed by atoms with Crippen molar-refractivity contribution in [3.8, 4) is 22.6 Å². The van der Waals surface area contributed by atoms with E-state index in [-0.39, 0.29) is 23.8 Å². The number of carbonyl (C=O) groups is 1. The summed E-state index contributed by atoms with van der Waals surface area (Å²) in [7, 11) is -2.34. The molecule has 43 heavy (non-hydrogen) atoms. The van der Waals surface area contributed by atoms with Crippen molar-refractivity contribution in [2.45, 2.75) is 24.7 Å². The Bertz CT molecular complexity index is 1770. The Labute approximate surface area is 251 Å². The van der Waals surface area contributed by atoms with Gasteiger partial charge in [-0.2, -0.15) is 0 Å². The van der Waals surface area contributed by atoms with E-state index in [0.29, 0.717) is 17.9 Å². The molecule has 0 bridgehead atoms. The molecule has 0 spiro atoms. The van der Waals surface area contributed by atoms with Crippen molar-refractivity contribution in [3.05, 3.63) is 150 Å². The van der Waals surface area contributed by atoms with Crippen LogP contribution < -0.4 is 14.2 Å². The van der Waals surface area contributed by atoms with Gasteiger partial charge in [-0.05, 0) is 52.1 Å². The van der Waals surface area contributed by atoms with Crippen LogP contribution >= 0.6 is 0 Å². The second-order valence-electron chi connectivity index (χ2n) is 9.72. The van der Waals surface area contributed by atoms with Gasteiger partial charge in [0.05, 0.1) is 7.11 Å². The highest BCUT2D eigenvalue weighted by atomic mass is 32.2. The standard InChI is InChI=1S/C35H31NO6S/c1-40-33-14-8-9-15-34(33)43(38,39)36-23-26-16-18-29(19-17-26)30-20-21-32(41-24-27-10-4-2-5-11-27)31(22-30)35(37)42-25-28-12-6-3-7-13-28/h2-22,36H,23-25H2,1H3. The Morgan fingerprint density at radius 1 is 0.651 bits per heavy atom. The molecule has 0 fully saturated rings. The topological polar surface area (TPSA) is 90.9 Å². The number of ether oxygens (including phenoxy) is 3. The smallest absolute Gasteiger partial charge is 0.342 e. The summed E-state index contributed by atoms with van der Waals surface area (Å²) in [5.41, 5.74) is 4.59. The van der Waals surface area contributed by atoms with Gasteiger partial charge in [-0.1, -0.05) is 103 Å². The summed E-state index contributed by atoms with van der Waals surface area (Å²) in [5.74, 6) is 0.212. The zero-order valence-electron chi connectivity index (χ0n) is 23.6. The van der Waals surface area contributed by atoms with Crippen molar-refractivity contribution in [1.29, 1.82) is 0 Å². The van der Waals surface area contributed by atoms with E-state index in [9.17, 15) is 13.2 Å². The normalized spacial score (nSPS) is 11.1. The van der Waals surface area contributed by atoms with Gasteiger partial charge in [0, 0.05) is 6.54 Å². The second-order valence-corrected chi connectivity index (χ2v) is 11.5. The number of benzene rings is 5. The van der Waals surface area contributed by atoms with Crippen LogP contribution in [0.1, 0.15) is 27.0 Å². The van der Waals surface area contributed by atoms with Crippen molar-refractivity contribution >= 4 is 16.0 Å². The number of hydrogen-bond donors (Lipinski definition) is 1. The highest BCUT2D eigenvalue weighted by Gasteiger charge is 2.19. The van der Waals surface area contributed by atoms with Crippen LogP contribution in [0.5, 0.6) is 11.5 Å². The highest BCUT2D eigenvalue weighted by Crippen LogP contribution is 2.29. The van der Waals surface area contributed by atoms with Crippen molar-refractivity contribution < 1.29 is 27.4 Å². The number of esters is 1. The lowest BCUT2D eigenvalue weighted by Crippen LogP contribution is -2.23. The molecule has 0 aromatic heterocycles. The first-order valence-electron chi connectivity index (χ1n) is 13.7. The van der Waals surface area contributed by atoms with Crippen molar-refractivity contribution in [2.75, 3.05) is 7.11 Å². The molecule has 0 aliphatic rings. The lowest BCUT2D eigenvalue weighted by Gasteiger charge is -2.14. The maximum Gasteiger partial charge on any atom is 0.342 e. The molecule has 5 rings (SSSR count). The molecule has 8 heteroatoms. The van der Waals surface area contributed by atoms with Crippen LogP contribution in [0, 0.1) is 0 Å². The predicted molar refractivity (Wildman–Crippen MR) is 165 cm³/mol. The fourth-order valence-corrected chi connectivity index (χ4v) is 5.63. The fraction of sp³-hybridized carbons (Fsp3) is 0.114. The van der Waals surface area contributed by atoms with Crippen LogP contribution in [0.2, 0.25) is 0 Å². The van der Waals surface area contributed by atoms with E-state index in [1.807, 2.05) is 91.0 Å². The van der Waals surface area contributed by atoms with Gasteiger partial charge in [0.2, 0.25) is 10.0 Å². The largest absolute Gasteiger partial charge is 0.495 e. The van der Waals surface area contributed by atoms with Crippen LogP contribution in [0.4, 0.5) is 0 Å². The monoisotopic (exact) mass is 593 g/mol. The summed E-state index contributed by atoms with van der Waals surface area (Å²) in [6.45, 7) is 0.546. The number of para-hydroxylation sites is 1. The van der Waals surface area contributed by atoms with Crippen LogP contribution in [0.3, 0.4) is 0 Å². The number of sulfonamides is 1. The zero-order valence-corrected chi connectivity index (χ0v) is 24.4. The predicted octanol–water partition coefficient (Wildman–Crippen LogP) is 6.78. The molecule has 5 aromatic rings. The molecule has 0 aliphatic heterocycles. The third-order valence-corrected chi connectivity index (χ3v) is 8.20. The molecular weight excluding hydrogens is 562 g/mol. The van der Waals surface area contributed by atoms with Gasteiger partial charge in [0.25, 0.3) is 0 Å². The average Bonchev–Trinajstić information content (AvgIpc) is 3.06. The summed E-state index contributed by atoms with van der Waals surface area (Å²) in [4.78, 5) is 13.3. The van der Waals surface area contributed by atoms with E-state index >= 15 is 0 Å². The molecule has 5 aromatic carbocycles. The number of carbonyl (C=O) groups excluding carboxylic acids is 1. The molecule has 0 unspecified atom stereocenters. The summed E-state index contributed by atoms with van der Waals surface area (Å²) in [6.07, 6.45) is 0. The van der Waals surface area contributed by atoms with Gasteiger partial charge < -0.3 is 14.2 Å². The molecule has 0 amide bonds. The van der Waals surface area contributed by atoms with Crippen LogP contribution in [-0.4, -0.2) is 21.5 Å². The van der Waals surface area contributed by atoms with Gasteiger partial charge in [-0.25, -0.2) is 17.9 Å². The number of nitrogens with one attached hydrogen (secondary N) is 1. The van der Waals surface area contributed by atoms with Gasteiger partial charge >= 0.3 is 5.97 Å². The number of rotatable bonds is 12. The van der Waals surface area contributed by atoms with Gasteiger partial charge in [-0.3, -0.25) is 0 Å². The minimum Gasteiger partial charge on any atom is -0.495 e. The number of methoxy groups -OCH3 is 1. The first-order valence-corrected chi connectivity index (χ1v) is 15.1. The maximum absolute atomic E-state index is 13.3. The summed E-state index contributed by atoms with van der Waals surface area (Å²) >= 11 is 0. The second kappa shape index (κ2) is 13.8. The van der Waals surface area contributed by atoms with Crippen molar-refractivity contribution in [2.24, 2.45) is 0 Å². The molecular formula is C35H31NO6S. The van der Waals surface area contributed by atoms with Gasteiger partial charge in [0.1, 0.15) is 35.2 Å². The minimum atomic E-state index is -3.77. The van der Waals surface area contributed by atoms with E-state index < -0.39 is 16.0 Å². The Kier molecular flexibility index (Phi) is 9.51. The quantitative estimate of drug-likeness (QED) is 0.161. The van der Waals surface area contributed by atoms with E-state index in [4.69, 9.17) is 14.2 Å². The Morgan fingerprint density at radius 2 is 1.26 bits per heavy atom. The highest BCUT2D eigenvalue weighted by molar-refractivity contribution is 7.89. The lowest BCUT2D eigenvalue weighted by atomic mass is 10.0. The summed E-state index contributed by atoms with van der Waals surface area (Å²) in [5, 5.41) is 0. The molecule has 0 radical (unpaired) electrons. The van der Waals surface area contributed by atoms with Crippen molar-refractivity contribution in [3.63, 3.8) is 0 Å². The SMILES string of the molecule is COc1ccccc1S(=O)(=O)NCc1ccc(-c2ccc(OCc3ccccc3)c(C(=O)OCc3ccccc3)c2)cc1. The van der Waals surface area contributed by atoms with E-state index in [0.717, 1.165) is 27.8 Å². The van der Waals surface area contributed by atoms with E-state index in [1.54, 1.807) is 30.3 Å². The minimum absolute atomic E-state index is 0.0790. The van der Waals surface area contributed by atoms with Gasteiger partial charge in [0.15, 0.2) is 0 Å². The Morgan fingerprint density at radius 3 is 1.93 bits per heavy atom. The summed E-state index contributed by atoms with van der Waals surface area (Å²) < 4.78 is 45.2. The van der Waals surface area contributed by atoms with Gasteiger partial charge in [-0.15, -0.1) is 0 Å². The molecule has 7 nitrogen and oxygen atoms in total. The van der Waals surface area contributed by atoms with E-state index in [2.05, 4.69) is 4.72 Å². The summed E-state index contributed by atoms with van der Waals surface area (Å²) in [6, 6.07) is 38.5. The zero-order chi connectivity index (χ0) is 30.1. The molecule has 1 N–H and O–H groups in total. The third-order valence-electron chi connectivity index (χ3n) is 6.76. The molecule has 0 saturated heterocycles.